The SMILES string of the molecule is CC(C)(O)C(C)(C)NCc1ccc(C#N)cc1. The zero-order valence-corrected chi connectivity index (χ0v) is 10.9. The van der Waals surface area contributed by atoms with Gasteiger partial charge in [0.15, 0.2) is 0 Å². The van der Waals surface area contributed by atoms with Crippen LogP contribution >= 0.6 is 0 Å². The highest BCUT2D eigenvalue weighted by atomic mass is 16.3. The monoisotopic (exact) mass is 232 g/mol. The van der Waals surface area contributed by atoms with E-state index in [1.165, 1.54) is 0 Å². The van der Waals surface area contributed by atoms with Crippen molar-refractivity contribution in [2.75, 3.05) is 0 Å². The molecule has 0 unspecified atom stereocenters. The van der Waals surface area contributed by atoms with E-state index in [0.29, 0.717) is 12.1 Å². The molecule has 0 saturated heterocycles. The van der Waals surface area contributed by atoms with Gasteiger partial charge >= 0.3 is 0 Å². The largest absolute Gasteiger partial charge is 0.389 e. The van der Waals surface area contributed by atoms with E-state index in [0.717, 1.165) is 5.56 Å². The van der Waals surface area contributed by atoms with Crippen molar-refractivity contribution in [2.45, 2.75) is 45.4 Å². The van der Waals surface area contributed by atoms with Crippen LogP contribution in [-0.4, -0.2) is 16.2 Å². The number of hydrogen-bond acceptors (Lipinski definition) is 3. The van der Waals surface area contributed by atoms with Gasteiger partial charge in [0.1, 0.15) is 0 Å². The molecule has 2 N–H and O–H groups in total. The fraction of sp³-hybridized carbons (Fsp3) is 0.500. The molecule has 0 spiro atoms. The first kappa shape index (κ1) is 13.7. The fourth-order valence-corrected chi connectivity index (χ4v) is 1.24. The van der Waals surface area contributed by atoms with Crippen molar-refractivity contribution in [3.63, 3.8) is 0 Å². The van der Waals surface area contributed by atoms with Crippen LogP contribution in [-0.2, 0) is 6.54 Å². The van der Waals surface area contributed by atoms with Crippen LogP contribution < -0.4 is 5.32 Å². The summed E-state index contributed by atoms with van der Waals surface area (Å²) in [5, 5.41) is 22.0. The molecule has 0 aliphatic heterocycles. The van der Waals surface area contributed by atoms with Crippen molar-refractivity contribution < 1.29 is 5.11 Å². The van der Waals surface area contributed by atoms with Gasteiger partial charge in [0.2, 0.25) is 0 Å². The molecule has 92 valence electrons. The molecule has 0 aliphatic carbocycles. The molecule has 0 fully saturated rings. The van der Waals surface area contributed by atoms with Crippen LogP contribution in [0.25, 0.3) is 0 Å². The standard InChI is InChI=1S/C14H20N2O/c1-13(2,14(3,4)17)16-10-12-7-5-11(9-15)6-8-12/h5-8,16-17H,10H2,1-4H3. The minimum absolute atomic E-state index is 0.374. The van der Waals surface area contributed by atoms with Crippen molar-refractivity contribution in [1.29, 1.82) is 5.26 Å². The van der Waals surface area contributed by atoms with Gasteiger partial charge in [-0.1, -0.05) is 12.1 Å². The lowest BCUT2D eigenvalue weighted by Gasteiger charge is -2.38. The molecule has 17 heavy (non-hydrogen) atoms. The summed E-state index contributed by atoms with van der Waals surface area (Å²) in [6.45, 7) is 8.19. The molecule has 0 radical (unpaired) electrons. The summed E-state index contributed by atoms with van der Waals surface area (Å²) < 4.78 is 0. The maximum Gasteiger partial charge on any atom is 0.0991 e. The van der Waals surface area contributed by atoms with E-state index in [1.54, 1.807) is 26.0 Å². The first-order valence-corrected chi connectivity index (χ1v) is 5.73. The molecule has 0 saturated carbocycles. The number of hydrogen-bond donors (Lipinski definition) is 2. The van der Waals surface area contributed by atoms with E-state index >= 15 is 0 Å². The normalized spacial score (nSPS) is 12.2. The fourth-order valence-electron chi connectivity index (χ4n) is 1.24. The second kappa shape index (κ2) is 4.87. The summed E-state index contributed by atoms with van der Waals surface area (Å²) in [7, 11) is 0. The van der Waals surface area contributed by atoms with Crippen LogP contribution in [0.15, 0.2) is 24.3 Å². The average molecular weight is 232 g/mol. The van der Waals surface area contributed by atoms with Crippen molar-refractivity contribution in [3.8, 4) is 6.07 Å². The average Bonchev–Trinajstić information content (AvgIpc) is 2.25. The molecule has 3 nitrogen and oxygen atoms in total. The lowest BCUT2D eigenvalue weighted by molar-refractivity contribution is -0.00531. The smallest absolute Gasteiger partial charge is 0.0991 e. The van der Waals surface area contributed by atoms with E-state index in [2.05, 4.69) is 11.4 Å². The first-order chi connectivity index (χ1) is 7.76. The minimum Gasteiger partial charge on any atom is -0.389 e. The highest BCUT2D eigenvalue weighted by molar-refractivity contribution is 5.31. The van der Waals surface area contributed by atoms with Gasteiger partial charge in [-0.05, 0) is 45.4 Å². The summed E-state index contributed by atoms with van der Waals surface area (Å²) >= 11 is 0. The third-order valence-corrected chi connectivity index (χ3v) is 3.35. The van der Waals surface area contributed by atoms with Gasteiger partial charge in [-0.3, -0.25) is 0 Å². The quantitative estimate of drug-likeness (QED) is 0.836. The maximum absolute atomic E-state index is 10.0. The van der Waals surface area contributed by atoms with Crippen molar-refractivity contribution in [1.82, 2.24) is 5.32 Å². The first-order valence-electron chi connectivity index (χ1n) is 5.73. The zero-order valence-electron chi connectivity index (χ0n) is 10.9. The van der Waals surface area contributed by atoms with E-state index in [-0.39, 0.29) is 5.54 Å². The highest BCUT2D eigenvalue weighted by Gasteiger charge is 2.34. The molecule has 0 aliphatic rings. The van der Waals surface area contributed by atoms with Gasteiger partial charge in [-0.15, -0.1) is 0 Å². The Kier molecular flexibility index (Phi) is 3.92. The predicted molar refractivity (Wildman–Crippen MR) is 68.4 cm³/mol. The molecule has 0 amide bonds. The van der Waals surface area contributed by atoms with Gasteiger partial charge in [0.25, 0.3) is 0 Å². The third kappa shape index (κ3) is 3.55. The Morgan fingerprint density at radius 2 is 1.71 bits per heavy atom. The molecular formula is C14H20N2O. The number of benzene rings is 1. The van der Waals surface area contributed by atoms with Crippen LogP contribution in [0.1, 0.15) is 38.8 Å². The summed E-state index contributed by atoms with van der Waals surface area (Å²) in [5.74, 6) is 0. The van der Waals surface area contributed by atoms with E-state index in [1.807, 2.05) is 26.0 Å². The van der Waals surface area contributed by atoms with Crippen molar-refractivity contribution >= 4 is 0 Å². The lowest BCUT2D eigenvalue weighted by atomic mass is 9.86. The van der Waals surface area contributed by atoms with Crippen LogP contribution in [0.4, 0.5) is 0 Å². The Morgan fingerprint density at radius 3 is 2.12 bits per heavy atom. The second-order valence-corrected chi connectivity index (χ2v) is 5.35. The Hall–Kier alpha value is -1.37. The topological polar surface area (TPSA) is 56.0 Å². The third-order valence-electron chi connectivity index (χ3n) is 3.35. The second-order valence-electron chi connectivity index (χ2n) is 5.35. The van der Waals surface area contributed by atoms with Crippen LogP contribution in [0, 0.1) is 11.3 Å². The molecule has 1 aromatic rings. The van der Waals surface area contributed by atoms with Crippen LogP contribution in [0.2, 0.25) is 0 Å². The van der Waals surface area contributed by atoms with Gasteiger partial charge in [-0.25, -0.2) is 0 Å². The van der Waals surface area contributed by atoms with Gasteiger partial charge in [0, 0.05) is 12.1 Å². The maximum atomic E-state index is 10.0. The molecule has 0 heterocycles. The summed E-state index contributed by atoms with van der Waals surface area (Å²) in [5.41, 5.74) is 0.595. The van der Waals surface area contributed by atoms with Crippen LogP contribution in [0.5, 0.6) is 0 Å². The summed E-state index contributed by atoms with van der Waals surface area (Å²) in [4.78, 5) is 0. The Bertz CT molecular complexity index is 407. The number of aliphatic hydroxyl groups is 1. The van der Waals surface area contributed by atoms with E-state index in [9.17, 15) is 5.11 Å². The van der Waals surface area contributed by atoms with Gasteiger partial charge < -0.3 is 10.4 Å². The minimum atomic E-state index is -0.792. The highest BCUT2D eigenvalue weighted by Crippen LogP contribution is 2.21. The summed E-state index contributed by atoms with van der Waals surface area (Å²) in [6.07, 6.45) is 0. The molecule has 3 heteroatoms. The predicted octanol–water partition coefficient (Wildman–Crippen LogP) is 2.20. The van der Waals surface area contributed by atoms with Crippen molar-refractivity contribution in [3.05, 3.63) is 35.4 Å². The van der Waals surface area contributed by atoms with Crippen LogP contribution in [0.3, 0.4) is 0 Å². The molecule has 0 atom stereocenters. The Morgan fingerprint density at radius 1 is 1.18 bits per heavy atom. The molecule has 1 aromatic carbocycles. The van der Waals surface area contributed by atoms with E-state index < -0.39 is 5.60 Å². The zero-order chi connectivity index (χ0) is 13.1. The van der Waals surface area contributed by atoms with E-state index in [4.69, 9.17) is 5.26 Å². The number of nitriles is 1. The molecule has 0 aromatic heterocycles. The van der Waals surface area contributed by atoms with Crippen molar-refractivity contribution in [2.24, 2.45) is 0 Å². The van der Waals surface area contributed by atoms with Gasteiger partial charge in [-0.2, -0.15) is 5.26 Å². The van der Waals surface area contributed by atoms with Gasteiger partial charge in [0.05, 0.1) is 17.2 Å². The number of nitrogens with zero attached hydrogens (tertiary/aromatic N) is 1. The summed E-state index contributed by atoms with van der Waals surface area (Å²) in [6, 6.07) is 9.54. The number of nitrogens with one attached hydrogen (secondary N) is 1. The molecular weight excluding hydrogens is 212 g/mol. The Labute approximate surface area is 103 Å². The molecule has 1 rings (SSSR count). The number of rotatable bonds is 4. The Balaban J connectivity index is 2.65. The lowest BCUT2D eigenvalue weighted by Crippen LogP contribution is -2.55. The molecule has 0 bridgehead atoms.